The Balaban J connectivity index is 2.04. The summed E-state index contributed by atoms with van der Waals surface area (Å²) in [6.07, 6.45) is 3.34. The summed E-state index contributed by atoms with van der Waals surface area (Å²) in [5, 5.41) is 0.350. The second-order valence-corrected chi connectivity index (χ2v) is 6.56. The summed E-state index contributed by atoms with van der Waals surface area (Å²) in [6, 6.07) is 13.9. The second-order valence-electron chi connectivity index (χ2n) is 6.56. The maximum absolute atomic E-state index is 13.3. The fraction of sp³-hybridized carbons (Fsp3) is 0.143. The van der Waals surface area contributed by atoms with Crippen LogP contribution in [0.15, 0.2) is 70.5 Å². The topological polar surface area (TPSA) is 78.9 Å². The number of carbonyl (C=O) groups is 1. The van der Waals surface area contributed by atoms with E-state index in [-0.39, 0.29) is 17.0 Å². The van der Waals surface area contributed by atoms with Crippen LogP contribution in [0.4, 0.5) is 0 Å². The summed E-state index contributed by atoms with van der Waals surface area (Å²) >= 11 is 0. The van der Waals surface area contributed by atoms with Gasteiger partial charge in [0, 0.05) is 31.1 Å². The van der Waals surface area contributed by atoms with Crippen LogP contribution in [0.3, 0.4) is 0 Å². The summed E-state index contributed by atoms with van der Waals surface area (Å²) in [6.45, 7) is 3.39. The first-order chi connectivity index (χ1) is 13.5. The average molecular weight is 374 g/mol. The number of pyridine rings is 2. The number of aryl methyl sites for hydroxylation is 1. The molecule has 0 saturated carbocycles. The number of rotatable bonds is 3. The molecule has 0 radical (unpaired) electrons. The Morgan fingerprint density at radius 2 is 1.82 bits per heavy atom. The molecule has 0 amide bonds. The summed E-state index contributed by atoms with van der Waals surface area (Å²) in [5.41, 5.74) is 1.61. The molecule has 0 spiro atoms. The lowest BCUT2D eigenvalue weighted by molar-refractivity contribution is 0.0917. The third-order valence-electron chi connectivity index (χ3n) is 4.75. The van der Waals surface area contributed by atoms with Crippen molar-refractivity contribution in [3.05, 3.63) is 92.9 Å². The van der Waals surface area contributed by atoms with Crippen LogP contribution in [0.1, 0.15) is 23.0 Å². The fourth-order valence-corrected chi connectivity index (χ4v) is 3.47. The van der Waals surface area contributed by atoms with Crippen LogP contribution in [0.2, 0.25) is 0 Å². The first kappa shape index (κ1) is 17.7. The first-order valence-corrected chi connectivity index (χ1v) is 8.82. The van der Waals surface area contributed by atoms with Gasteiger partial charge in [-0.2, -0.15) is 0 Å². The van der Waals surface area contributed by atoms with Crippen LogP contribution < -0.4 is 11.1 Å². The van der Waals surface area contributed by atoms with Gasteiger partial charge in [-0.3, -0.25) is 19.4 Å². The fourth-order valence-electron chi connectivity index (χ4n) is 3.47. The Morgan fingerprint density at radius 3 is 2.46 bits per heavy atom. The third kappa shape index (κ3) is 2.77. The van der Waals surface area contributed by atoms with Crippen molar-refractivity contribution >= 4 is 16.8 Å². The van der Waals surface area contributed by atoms with Gasteiger partial charge in [0.15, 0.2) is 0 Å². The van der Waals surface area contributed by atoms with E-state index in [1.54, 1.807) is 49.6 Å². The molecule has 0 unspecified atom stereocenters. The molecule has 4 aromatic rings. The lowest BCUT2D eigenvalue weighted by Gasteiger charge is -2.11. The number of nitrogens with zero attached hydrogens (tertiary/aromatic N) is 4. The third-order valence-corrected chi connectivity index (χ3v) is 4.75. The van der Waals surface area contributed by atoms with Crippen molar-refractivity contribution in [1.29, 1.82) is 0 Å². The Bertz CT molecular complexity index is 1300. The van der Waals surface area contributed by atoms with Gasteiger partial charge in [-0.25, -0.2) is 9.36 Å². The van der Waals surface area contributed by atoms with E-state index in [1.807, 2.05) is 12.1 Å². The molecule has 0 saturated heterocycles. The zero-order valence-electron chi connectivity index (χ0n) is 15.5. The van der Waals surface area contributed by atoms with Crippen LogP contribution >= 0.6 is 0 Å². The van der Waals surface area contributed by atoms with Crippen molar-refractivity contribution in [2.75, 3.05) is 0 Å². The Kier molecular flexibility index (Phi) is 4.27. The standard InChI is InChI=1S/C21H18N4O3/c1-14-20-18(11-19(27)23(14)13-16-7-6-10-22-12-16)24(15(2)26)25(21(20)28)17-8-4-3-5-9-17/h3-12H,13H2,1-2H3. The van der Waals surface area contributed by atoms with E-state index in [2.05, 4.69) is 4.98 Å². The highest BCUT2D eigenvalue weighted by Gasteiger charge is 2.21. The number of hydrogen-bond acceptors (Lipinski definition) is 4. The summed E-state index contributed by atoms with van der Waals surface area (Å²) in [7, 11) is 0. The molecule has 7 heteroatoms. The van der Waals surface area contributed by atoms with E-state index in [0.717, 1.165) is 5.56 Å². The first-order valence-electron chi connectivity index (χ1n) is 8.82. The largest absolute Gasteiger partial charge is 0.308 e. The molecule has 0 aliphatic heterocycles. The van der Waals surface area contributed by atoms with Crippen LogP contribution in [0, 0.1) is 6.92 Å². The van der Waals surface area contributed by atoms with E-state index in [4.69, 9.17) is 0 Å². The van der Waals surface area contributed by atoms with Crippen LogP contribution in [-0.2, 0) is 6.54 Å². The van der Waals surface area contributed by atoms with Crippen molar-refractivity contribution in [3.8, 4) is 5.69 Å². The monoisotopic (exact) mass is 374 g/mol. The highest BCUT2D eigenvalue weighted by molar-refractivity contribution is 5.91. The van der Waals surface area contributed by atoms with Gasteiger partial charge in [-0.05, 0) is 30.7 Å². The Labute approximate surface area is 160 Å². The Hall–Kier alpha value is -3.74. The molecule has 0 fully saturated rings. The SMILES string of the molecule is CC(=O)n1c2cc(=O)n(Cc3cccnc3)c(C)c2c(=O)n1-c1ccccc1. The number of fused-ring (bicyclic) bond motifs is 1. The minimum Gasteiger partial charge on any atom is -0.308 e. The molecule has 3 aromatic heterocycles. The van der Waals surface area contributed by atoms with Crippen molar-refractivity contribution in [1.82, 2.24) is 18.9 Å². The molecule has 0 aliphatic carbocycles. The van der Waals surface area contributed by atoms with E-state index in [9.17, 15) is 14.4 Å². The molecular formula is C21H18N4O3. The smallest absolute Gasteiger partial charge is 0.281 e. The number of benzene rings is 1. The van der Waals surface area contributed by atoms with Gasteiger partial charge < -0.3 is 4.57 Å². The van der Waals surface area contributed by atoms with Gasteiger partial charge in [-0.15, -0.1) is 0 Å². The Morgan fingerprint density at radius 1 is 1.07 bits per heavy atom. The van der Waals surface area contributed by atoms with Gasteiger partial charge >= 0.3 is 0 Å². The summed E-state index contributed by atoms with van der Waals surface area (Å²) in [4.78, 5) is 42.5. The number of para-hydroxylation sites is 1. The number of carbonyl (C=O) groups excluding carboxylic acids is 1. The van der Waals surface area contributed by atoms with Crippen molar-refractivity contribution in [2.45, 2.75) is 20.4 Å². The van der Waals surface area contributed by atoms with Gasteiger partial charge in [0.1, 0.15) is 0 Å². The normalized spacial score (nSPS) is 11.1. The molecular weight excluding hydrogens is 356 g/mol. The molecule has 3 heterocycles. The number of aromatic nitrogens is 4. The quantitative estimate of drug-likeness (QED) is 0.551. The van der Waals surface area contributed by atoms with Gasteiger partial charge in [0.05, 0.1) is 23.1 Å². The molecule has 0 bridgehead atoms. The maximum atomic E-state index is 13.3. The molecule has 4 rings (SSSR count). The predicted octanol–water partition coefficient (Wildman–Crippen LogP) is 2.37. The molecule has 140 valence electrons. The average Bonchev–Trinajstić information content (AvgIpc) is 2.99. The molecule has 7 nitrogen and oxygen atoms in total. The van der Waals surface area contributed by atoms with E-state index in [1.165, 1.54) is 26.9 Å². The predicted molar refractivity (Wildman–Crippen MR) is 106 cm³/mol. The van der Waals surface area contributed by atoms with Crippen LogP contribution in [0.25, 0.3) is 16.6 Å². The van der Waals surface area contributed by atoms with Crippen molar-refractivity contribution < 1.29 is 4.79 Å². The van der Waals surface area contributed by atoms with Crippen molar-refractivity contribution in [3.63, 3.8) is 0 Å². The zero-order chi connectivity index (χ0) is 19.8. The second kappa shape index (κ2) is 6.77. The molecule has 1 aromatic carbocycles. The van der Waals surface area contributed by atoms with Gasteiger partial charge in [-0.1, -0.05) is 24.3 Å². The van der Waals surface area contributed by atoms with Crippen LogP contribution in [0.5, 0.6) is 0 Å². The minimum atomic E-state index is -0.347. The summed E-state index contributed by atoms with van der Waals surface area (Å²) < 4.78 is 4.10. The molecule has 0 atom stereocenters. The van der Waals surface area contributed by atoms with E-state index >= 15 is 0 Å². The molecule has 0 aliphatic rings. The zero-order valence-corrected chi connectivity index (χ0v) is 15.5. The summed E-state index contributed by atoms with van der Waals surface area (Å²) in [5.74, 6) is -0.347. The van der Waals surface area contributed by atoms with Gasteiger partial charge in [0.25, 0.3) is 11.1 Å². The van der Waals surface area contributed by atoms with E-state index in [0.29, 0.717) is 28.8 Å². The van der Waals surface area contributed by atoms with E-state index < -0.39 is 0 Å². The lowest BCUT2D eigenvalue weighted by atomic mass is 10.2. The maximum Gasteiger partial charge on any atom is 0.281 e. The highest BCUT2D eigenvalue weighted by Crippen LogP contribution is 2.18. The van der Waals surface area contributed by atoms with Gasteiger partial charge in [0.2, 0.25) is 5.91 Å². The molecule has 0 N–H and O–H groups in total. The highest BCUT2D eigenvalue weighted by atomic mass is 16.2. The molecule has 28 heavy (non-hydrogen) atoms. The lowest BCUT2D eigenvalue weighted by Crippen LogP contribution is -2.24. The minimum absolute atomic E-state index is 0.283. The number of hydrogen-bond donors (Lipinski definition) is 0. The van der Waals surface area contributed by atoms with Crippen molar-refractivity contribution in [2.24, 2.45) is 0 Å². The van der Waals surface area contributed by atoms with Crippen LogP contribution in [-0.4, -0.2) is 24.8 Å².